The zero-order chi connectivity index (χ0) is 31.9. The first-order valence-corrected chi connectivity index (χ1v) is 15.9. The molecule has 10 nitrogen and oxygen atoms in total. The maximum atomic E-state index is 13.7. The number of halogens is 1. The van der Waals surface area contributed by atoms with Gasteiger partial charge in [-0.15, -0.1) is 0 Å². The van der Waals surface area contributed by atoms with Gasteiger partial charge in [-0.05, 0) is 66.9 Å². The van der Waals surface area contributed by atoms with Crippen LogP contribution in [0.25, 0.3) is 28.0 Å². The first kappa shape index (κ1) is 30.4. The molecule has 1 aliphatic rings. The van der Waals surface area contributed by atoms with Gasteiger partial charge in [0.05, 0.1) is 23.4 Å². The minimum Gasteiger partial charge on any atom is -0.495 e. The summed E-state index contributed by atoms with van der Waals surface area (Å²) in [6, 6.07) is 20.1. The molecule has 0 radical (unpaired) electrons. The number of nitro benzene ring substituents is 1. The quantitative estimate of drug-likeness (QED) is 0.157. The lowest BCUT2D eigenvalue weighted by Crippen LogP contribution is -2.48. The number of sulfonamides is 1. The van der Waals surface area contributed by atoms with E-state index in [-0.39, 0.29) is 29.4 Å². The van der Waals surface area contributed by atoms with Crippen molar-refractivity contribution in [3.8, 4) is 28.1 Å². The smallest absolute Gasteiger partial charge is 0.269 e. The molecule has 3 aromatic carbocycles. The normalized spacial score (nSPS) is 14.6. The molecular weight excluding hydrogens is 597 g/mol. The maximum Gasteiger partial charge on any atom is 0.269 e. The van der Waals surface area contributed by atoms with E-state index < -0.39 is 20.8 Å². The summed E-state index contributed by atoms with van der Waals surface area (Å²) in [6.07, 6.45) is 2.07. The number of nitro groups is 1. The standard InChI is InChI=1S/C33H32FN5O5S/c1-22-4-5-23(2)28(18-22)25-8-13-32-35-33(24-6-10-27(11-7-24)39(40)41)29(38(32)20-25)21-36-14-16-37(17-15-36)45(42,43)31-12-9-26(34)19-30(31)44-3/h4-13,18-20H,14-17,21H2,1-3H3. The Balaban J connectivity index is 1.33. The molecule has 5 aromatic rings. The summed E-state index contributed by atoms with van der Waals surface area (Å²) in [7, 11) is -2.59. The van der Waals surface area contributed by atoms with Crippen LogP contribution in [0.3, 0.4) is 0 Å². The monoisotopic (exact) mass is 629 g/mol. The van der Waals surface area contributed by atoms with Crippen molar-refractivity contribution in [3.05, 3.63) is 112 Å². The number of rotatable bonds is 8. The molecule has 1 aliphatic heterocycles. The number of aromatic nitrogens is 2. The second-order valence-corrected chi connectivity index (χ2v) is 13.1. The molecule has 1 fully saturated rings. The first-order chi connectivity index (χ1) is 21.5. The van der Waals surface area contributed by atoms with Crippen LogP contribution in [0.4, 0.5) is 10.1 Å². The van der Waals surface area contributed by atoms with Gasteiger partial charge >= 0.3 is 0 Å². The summed E-state index contributed by atoms with van der Waals surface area (Å²) < 4.78 is 49.3. The van der Waals surface area contributed by atoms with Gasteiger partial charge in [-0.2, -0.15) is 4.31 Å². The molecule has 0 atom stereocenters. The minimum absolute atomic E-state index is 0.00334. The Hall–Kier alpha value is -4.65. The van der Waals surface area contributed by atoms with Crippen molar-refractivity contribution in [2.45, 2.75) is 25.3 Å². The number of aryl methyl sites for hydroxylation is 2. The number of ether oxygens (including phenoxy) is 1. The van der Waals surface area contributed by atoms with Crippen LogP contribution >= 0.6 is 0 Å². The molecule has 1 saturated heterocycles. The lowest BCUT2D eigenvalue weighted by Gasteiger charge is -2.34. The molecule has 0 aliphatic carbocycles. The van der Waals surface area contributed by atoms with E-state index >= 15 is 0 Å². The highest BCUT2D eigenvalue weighted by atomic mass is 32.2. The molecule has 0 unspecified atom stereocenters. The molecule has 12 heteroatoms. The van der Waals surface area contributed by atoms with Gasteiger partial charge in [0.1, 0.15) is 22.1 Å². The van der Waals surface area contributed by atoms with E-state index in [4.69, 9.17) is 9.72 Å². The Morgan fingerprint density at radius 3 is 2.33 bits per heavy atom. The number of non-ortho nitro benzene ring substituents is 1. The summed E-state index contributed by atoms with van der Waals surface area (Å²) in [6.45, 7) is 5.98. The van der Waals surface area contributed by atoms with E-state index in [1.54, 1.807) is 12.1 Å². The van der Waals surface area contributed by atoms with Gasteiger partial charge in [0.15, 0.2) is 0 Å². The van der Waals surface area contributed by atoms with Gasteiger partial charge < -0.3 is 9.14 Å². The van der Waals surface area contributed by atoms with E-state index in [1.807, 2.05) is 12.1 Å². The van der Waals surface area contributed by atoms with Gasteiger partial charge in [0, 0.05) is 62.7 Å². The number of imidazole rings is 1. The average Bonchev–Trinajstić information content (AvgIpc) is 3.39. The van der Waals surface area contributed by atoms with Crippen LogP contribution in [0.15, 0.2) is 83.9 Å². The largest absolute Gasteiger partial charge is 0.495 e. The Morgan fingerprint density at radius 2 is 1.64 bits per heavy atom. The summed E-state index contributed by atoms with van der Waals surface area (Å²) in [5.41, 5.74) is 7.51. The van der Waals surface area contributed by atoms with Gasteiger partial charge in [-0.3, -0.25) is 15.0 Å². The number of hydrogen-bond donors (Lipinski definition) is 0. The van der Waals surface area contributed by atoms with Crippen molar-refractivity contribution in [1.29, 1.82) is 0 Å². The minimum atomic E-state index is -3.91. The third-order valence-corrected chi connectivity index (χ3v) is 10.2. The molecule has 2 aromatic heterocycles. The topological polar surface area (TPSA) is 110 Å². The number of piperazine rings is 1. The zero-order valence-corrected chi connectivity index (χ0v) is 25.9. The predicted molar refractivity (Wildman–Crippen MR) is 169 cm³/mol. The molecule has 0 bridgehead atoms. The molecule has 0 saturated carbocycles. The Bertz CT molecular complexity index is 2020. The maximum absolute atomic E-state index is 13.7. The van der Waals surface area contributed by atoms with Gasteiger partial charge in [0.25, 0.3) is 5.69 Å². The third-order valence-electron chi connectivity index (χ3n) is 8.22. The van der Waals surface area contributed by atoms with E-state index in [2.05, 4.69) is 47.5 Å². The lowest BCUT2D eigenvalue weighted by molar-refractivity contribution is -0.384. The second-order valence-electron chi connectivity index (χ2n) is 11.2. The second kappa shape index (κ2) is 12.0. The molecule has 0 N–H and O–H groups in total. The third kappa shape index (κ3) is 5.91. The predicted octanol–water partition coefficient (Wildman–Crippen LogP) is 5.85. The zero-order valence-electron chi connectivity index (χ0n) is 25.1. The number of methoxy groups -OCH3 is 1. The average molecular weight is 630 g/mol. The van der Waals surface area contributed by atoms with Crippen molar-refractivity contribution >= 4 is 21.4 Å². The molecule has 0 amide bonds. The van der Waals surface area contributed by atoms with Crippen LogP contribution in [0.1, 0.15) is 16.8 Å². The van der Waals surface area contributed by atoms with Crippen LogP contribution in [-0.4, -0.2) is 65.2 Å². The van der Waals surface area contributed by atoms with Crippen molar-refractivity contribution in [1.82, 2.24) is 18.6 Å². The van der Waals surface area contributed by atoms with E-state index in [1.165, 1.54) is 29.6 Å². The number of fused-ring (bicyclic) bond motifs is 1. The highest BCUT2D eigenvalue weighted by molar-refractivity contribution is 7.89. The van der Waals surface area contributed by atoms with E-state index in [9.17, 15) is 22.9 Å². The first-order valence-electron chi connectivity index (χ1n) is 14.4. The van der Waals surface area contributed by atoms with Crippen molar-refractivity contribution in [3.63, 3.8) is 0 Å². The Morgan fingerprint density at radius 1 is 0.933 bits per heavy atom. The summed E-state index contributed by atoms with van der Waals surface area (Å²) in [5.74, 6) is -0.608. The molecule has 3 heterocycles. The van der Waals surface area contributed by atoms with Crippen LogP contribution in [0.2, 0.25) is 0 Å². The fourth-order valence-corrected chi connectivity index (χ4v) is 7.31. The summed E-state index contributed by atoms with van der Waals surface area (Å²) in [5, 5.41) is 11.3. The highest BCUT2D eigenvalue weighted by Gasteiger charge is 2.32. The Kier molecular flexibility index (Phi) is 8.12. The van der Waals surface area contributed by atoms with E-state index in [0.29, 0.717) is 25.3 Å². The molecular formula is C33H32FN5O5S. The molecule has 0 spiro atoms. The van der Waals surface area contributed by atoms with Crippen LogP contribution < -0.4 is 4.74 Å². The highest BCUT2D eigenvalue weighted by Crippen LogP contribution is 2.32. The number of benzene rings is 3. The SMILES string of the molecule is COc1cc(F)ccc1S(=O)(=O)N1CCN(Cc2c(-c3ccc([N+](=O)[O-])cc3)nc3ccc(-c4cc(C)ccc4C)cn23)CC1. The van der Waals surface area contributed by atoms with Crippen LogP contribution in [0.5, 0.6) is 5.75 Å². The van der Waals surface area contributed by atoms with Crippen LogP contribution in [0, 0.1) is 29.8 Å². The van der Waals surface area contributed by atoms with Crippen molar-refractivity contribution in [2.75, 3.05) is 33.3 Å². The number of hydrogen-bond acceptors (Lipinski definition) is 7. The molecule has 45 heavy (non-hydrogen) atoms. The number of pyridine rings is 1. The van der Waals surface area contributed by atoms with Gasteiger partial charge in [-0.1, -0.05) is 23.8 Å². The van der Waals surface area contributed by atoms with E-state index in [0.717, 1.165) is 51.3 Å². The lowest BCUT2D eigenvalue weighted by atomic mass is 10.00. The van der Waals surface area contributed by atoms with Crippen LogP contribution in [-0.2, 0) is 16.6 Å². The van der Waals surface area contributed by atoms with Gasteiger partial charge in [0.2, 0.25) is 10.0 Å². The molecule has 232 valence electrons. The Labute approximate surface area is 260 Å². The van der Waals surface area contributed by atoms with Gasteiger partial charge in [-0.25, -0.2) is 17.8 Å². The molecule has 6 rings (SSSR count). The summed E-state index contributed by atoms with van der Waals surface area (Å²) >= 11 is 0. The fourth-order valence-electron chi connectivity index (χ4n) is 5.76. The number of nitrogens with zero attached hydrogens (tertiary/aromatic N) is 5. The van der Waals surface area contributed by atoms with Crippen molar-refractivity contribution < 1.29 is 22.5 Å². The fraction of sp³-hybridized carbons (Fsp3) is 0.242. The summed E-state index contributed by atoms with van der Waals surface area (Å²) in [4.78, 5) is 17.9. The van der Waals surface area contributed by atoms with Crippen molar-refractivity contribution in [2.24, 2.45) is 0 Å².